The molecule has 1 aromatic carbocycles. The maximum absolute atomic E-state index is 13.0. The van der Waals surface area contributed by atoms with Gasteiger partial charge in [-0.1, -0.05) is 27.2 Å². The van der Waals surface area contributed by atoms with Gasteiger partial charge in [0, 0.05) is 16.5 Å². The SMILES string of the molecule is CCOc1ccc([C@H]2NC(=O)c3c(sc4c3CC[C@H](C(C)(C)CC)C4)N2)c(O)c1. The highest BCUT2D eigenvalue weighted by Gasteiger charge is 2.37. The first-order valence-electron chi connectivity index (χ1n) is 10.5. The number of fused-ring (bicyclic) bond motifs is 3. The van der Waals surface area contributed by atoms with Gasteiger partial charge < -0.3 is 20.5 Å². The minimum Gasteiger partial charge on any atom is -0.507 e. The van der Waals surface area contributed by atoms with Gasteiger partial charge in [0.1, 0.15) is 22.7 Å². The first-order chi connectivity index (χ1) is 13.8. The van der Waals surface area contributed by atoms with Crippen LogP contribution >= 0.6 is 11.3 Å². The number of thiophene rings is 1. The number of carbonyl (C=O) groups excluding carboxylic acids is 1. The van der Waals surface area contributed by atoms with Crippen LogP contribution in [-0.4, -0.2) is 17.6 Å². The number of carbonyl (C=O) groups is 1. The third-order valence-corrected chi connectivity index (χ3v) is 7.87. The molecule has 0 spiro atoms. The predicted molar refractivity (Wildman–Crippen MR) is 117 cm³/mol. The number of ether oxygens (including phenoxy) is 1. The Morgan fingerprint density at radius 1 is 1.28 bits per heavy atom. The maximum atomic E-state index is 13.0. The van der Waals surface area contributed by atoms with Gasteiger partial charge in [-0.25, -0.2) is 0 Å². The predicted octanol–water partition coefficient (Wildman–Crippen LogP) is 5.25. The molecule has 156 valence electrons. The van der Waals surface area contributed by atoms with E-state index in [1.165, 1.54) is 10.4 Å². The Labute approximate surface area is 176 Å². The van der Waals surface area contributed by atoms with Gasteiger partial charge in [0.2, 0.25) is 0 Å². The van der Waals surface area contributed by atoms with Crippen molar-refractivity contribution in [3.63, 3.8) is 0 Å². The highest BCUT2D eigenvalue weighted by atomic mass is 32.1. The number of nitrogens with one attached hydrogen (secondary N) is 2. The van der Waals surface area contributed by atoms with Gasteiger partial charge in [0.25, 0.3) is 5.91 Å². The van der Waals surface area contributed by atoms with E-state index in [0.29, 0.717) is 29.3 Å². The van der Waals surface area contributed by atoms with Gasteiger partial charge in [-0.2, -0.15) is 0 Å². The zero-order chi connectivity index (χ0) is 20.8. The summed E-state index contributed by atoms with van der Waals surface area (Å²) < 4.78 is 5.44. The molecular formula is C23H30N2O3S. The summed E-state index contributed by atoms with van der Waals surface area (Å²) in [5.74, 6) is 1.33. The van der Waals surface area contributed by atoms with Gasteiger partial charge in [0.05, 0.1) is 12.2 Å². The molecule has 2 aromatic rings. The van der Waals surface area contributed by atoms with Gasteiger partial charge in [-0.15, -0.1) is 11.3 Å². The lowest BCUT2D eigenvalue weighted by atomic mass is 9.69. The second kappa shape index (κ2) is 7.56. The molecule has 1 aliphatic carbocycles. The van der Waals surface area contributed by atoms with Crippen molar-refractivity contribution in [2.24, 2.45) is 11.3 Å². The first kappa shape index (κ1) is 20.1. The molecule has 0 radical (unpaired) electrons. The van der Waals surface area contributed by atoms with Crippen LogP contribution in [0.4, 0.5) is 5.00 Å². The van der Waals surface area contributed by atoms with Crippen LogP contribution in [0.25, 0.3) is 0 Å². The topological polar surface area (TPSA) is 70.6 Å². The van der Waals surface area contributed by atoms with E-state index in [1.807, 2.05) is 13.0 Å². The van der Waals surface area contributed by atoms with Crippen molar-refractivity contribution >= 4 is 22.2 Å². The van der Waals surface area contributed by atoms with E-state index in [0.717, 1.165) is 36.2 Å². The van der Waals surface area contributed by atoms with Crippen LogP contribution in [0.1, 0.15) is 73.1 Å². The van der Waals surface area contributed by atoms with E-state index in [4.69, 9.17) is 4.74 Å². The number of phenols is 1. The van der Waals surface area contributed by atoms with Crippen molar-refractivity contribution in [1.29, 1.82) is 0 Å². The van der Waals surface area contributed by atoms with E-state index in [9.17, 15) is 9.90 Å². The van der Waals surface area contributed by atoms with Crippen molar-refractivity contribution in [2.75, 3.05) is 11.9 Å². The average Bonchev–Trinajstić information content (AvgIpc) is 3.06. The van der Waals surface area contributed by atoms with Crippen LogP contribution < -0.4 is 15.4 Å². The number of hydrogen-bond acceptors (Lipinski definition) is 5. The monoisotopic (exact) mass is 414 g/mol. The number of hydrogen-bond donors (Lipinski definition) is 3. The normalized spacial score (nSPS) is 21.0. The Morgan fingerprint density at radius 2 is 2.07 bits per heavy atom. The van der Waals surface area contributed by atoms with Crippen LogP contribution in [0.15, 0.2) is 18.2 Å². The largest absolute Gasteiger partial charge is 0.507 e. The minimum atomic E-state index is -0.450. The Morgan fingerprint density at radius 3 is 2.76 bits per heavy atom. The van der Waals surface area contributed by atoms with Gasteiger partial charge in [-0.3, -0.25) is 4.79 Å². The molecule has 29 heavy (non-hydrogen) atoms. The molecule has 3 N–H and O–H groups in total. The van der Waals surface area contributed by atoms with Crippen LogP contribution in [0.2, 0.25) is 0 Å². The van der Waals surface area contributed by atoms with Gasteiger partial charge in [-0.05, 0) is 55.2 Å². The fraction of sp³-hybridized carbons (Fsp3) is 0.522. The summed E-state index contributed by atoms with van der Waals surface area (Å²) >= 11 is 1.71. The van der Waals surface area contributed by atoms with Crippen LogP contribution in [-0.2, 0) is 12.8 Å². The third-order valence-electron chi connectivity index (χ3n) is 6.68. The van der Waals surface area contributed by atoms with Crippen molar-refractivity contribution in [3.8, 4) is 11.5 Å². The summed E-state index contributed by atoms with van der Waals surface area (Å²) in [6, 6.07) is 5.22. The molecule has 2 atom stereocenters. The Bertz CT molecular complexity index is 934. The molecule has 0 bridgehead atoms. The van der Waals surface area contributed by atoms with Crippen LogP contribution in [0, 0.1) is 11.3 Å². The van der Waals surface area contributed by atoms with E-state index >= 15 is 0 Å². The molecule has 0 saturated carbocycles. The quantitative estimate of drug-likeness (QED) is 0.625. The van der Waals surface area contributed by atoms with Crippen LogP contribution in [0.3, 0.4) is 0 Å². The fourth-order valence-electron chi connectivity index (χ4n) is 4.43. The summed E-state index contributed by atoms with van der Waals surface area (Å²) in [6.45, 7) is 9.41. The lowest BCUT2D eigenvalue weighted by molar-refractivity contribution is 0.0934. The lowest BCUT2D eigenvalue weighted by Gasteiger charge is -2.36. The summed E-state index contributed by atoms with van der Waals surface area (Å²) in [7, 11) is 0. The van der Waals surface area contributed by atoms with Crippen molar-refractivity contribution in [1.82, 2.24) is 5.32 Å². The molecule has 1 aromatic heterocycles. The molecule has 2 heterocycles. The first-order valence-corrected chi connectivity index (χ1v) is 11.3. The average molecular weight is 415 g/mol. The summed E-state index contributed by atoms with van der Waals surface area (Å²) in [4.78, 5) is 14.3. The number of rotatable bonds is 5. The van der Waals surface area contributed by atoms with Crippen molar-refractivity contribution in [3.05, 3.63) is 39.8 Å². The molecule has 6 heteroatoms. The van der Waals surface area contributed by atoms with E-state index in [1.54, 1.807) is 23.5 Å². The molecule has 4 rings (SSSR count). The van der Waals surface area contributed by atoms with Crippen LogP contribution in [0.5, 0.6) is 11.5 Å². The highest BCUT2D eigenvalue weighted by Crippen LogP contribution is 2.47. The van der Waals surface area contributed by atoms with E-state index in [-0.39, 0.29) is 11.7 Å². The molecule has 0 unspecified atom stereocenters. The number of anilines is 1. The molecule has 0 saturated heterocycles. The Balaban J connectivity index is 1.61. The lowest BCUT2D eigenvalue weighted by Crippen LogP contribution is -2.38. The zero-order valence-electron chi connectivity index (χ0n) is 17.6. The highest BCUT2D eigenvalue weighted by molar-refractivity contribution is 7.16. The number of benzene rings is 1. The zero-order valence-corrected chi connectivity index (χ0v) is 18.4. The number of amides is 1. The molecule has 5 nitrogen and oxygen atoms in total. The summed E-state index contributed by atoms with van der Waals surface area (Å²) in [5.41, 5.74) is 2.98. The summed E-state index contributed by atoms with van der Waals surface area (Å²) in [5, 5.41) is 17.8. The second-order valence-corrected chi connectivity index (χ2v) is 9.80. The smallest absolute Gasteiger partial charge is 0.256 e. The molecule has 1 aliphatic heterocycles. The maximum Gasteiger partial charge on any atom is 0.256 e. The van der Waals surface area contributed by atoms with E-state index in [2.05, 4.69) is 31.4 Å². The standard InChI is InChI=1S/C23H30N2O3S/c1-5-23(3,4)13-7-9-16-18(11-13)29-22-19(16)21(27)24-20(25-22)15-10-8-14(28-6-2)12-17(15)26/h8,10,12-13,20,25-26H,5-7,9,11H2,1-4H3,(H,24,27)/t13-,20-/m0/s1. The summed E-state index contributed by atoms with van der Waals surface area (Å²) in [6.07, 6.45) is 3.85. The van der Waals surface area contributed by atoms with Crippen molar-refractivity contribution < 1.29 is 14.6 Å². The molecule has 2 aliphatic rings. The second-order valence-electron chi connectivity index (χ2n) is 8.69. The molecular weight excluding hydrogens is 384 g/mol. The molecule has 1 amide bonds. The van der Waals surface area contributed by atoms with Gasteiger partial charge >= 0.3 is 0 Å². The van der Waals surface area contributed by atoms with E-state index < -0.39 is 6.17 Å². The number of phenolic OH excluding ortho intramolecular Hbond substituents is 1. The van der Waals surface area contributed by atoms with Crippen molar-refractivity contribution in [2.45, 2.75) is 59.5 Å². The number of aromatic hydroxyl groups is 1. The molecule has 0 fully saturated rings. The Kier molecular flexibility index (Phi) is 5.23. The van der Waals surface area contributed by atoms with Gasteiger partial charge in [0.15, 0.2) is 0 Å². The fourth-order valence-corrected chi connectivity index (χ4v) is 5.79. The minimum absolute atomic E-state index is 0.0530. The third kappa shape index (κ3) is 3.59. The Hall–Kier alpha value is -2.21.